The number of nitrogens with two attached hydrogens (primary N) is 1. The molecule has 2 saturated heterocycles. The number of nitrogens with one attached hydrogen (secondary N) is 2. The van der Waals surface area contributed by atoms with Gasteiger partial charge in [0.15, 0.2) is 0 Å². The van der Waals surface area contributed by atoms with Crippen LogP contribution in [0.5, 0.6) is 0 Å². The number of aldehydes is 1. The summed E-state index contributed by atoms with van der Waals surface area (Å²) in [6.45, 7) is 6.33. The Bertz CT molecular complexity index is 205. The lowest BCUT2D eigenvalue weighted by Gasteiger charge is -1.89. The molecule has 5 heteroatoms. The summed E-state index contributed by atoms with van der Waals surface area (Å²) < 4.78 is 0. The molecule has 2 heterocycles. The van der Waals surface area contributed by atoms with E-state index in [2.05, 4.69) is 10.6 Å². The van der Waals surface area contributed by atoms with Gasteiger partial charge in [-0.3, -0.25) is 4.79 Å². The summed E-state index contributed by atoms with van der Waals surface area (Å²) in [5, 5.41) is 6.31. The first kappa shape index (κ1) is 17.1. The zero-order valence-corrected chi connectivity index (χ0v) is 11.4. The molecular weight excluding hydrogens is 230 g/mol. The highest BCUT2D eigenvalue weighted by molar-refractivity contribution is 5.73. The van der Waals surface area contributed by atoms with Crippen LogP contribution in [-0.4, -0.2) is 38.4 Å². The molecule has 0 saturated carbocycles. The number of carbonyl (C=O) groups is 2. The Morgan fingerprint density at radius 1 is 1.28 bits per heavy atom. The van der Waals surface area contributed by atoms with Crippen molar-refractivity contribution in [3.8, 4) is 0 Å². The van der Waals surface area contributed by atoms with Gasteiger partial charge in [-0.15, -0.1) is 0 Å². The Hall–Kier alpha value is -0.940. The van der Waals surface area contributed by atoms with Gasteiger partial charge < -0.3 is 21.2 Å². The van der Waals surface area contributed by atoms with Crippen molar-refractivity contribution in [1.29, 1.82) is 0 Å². The van der Waals surface area contributed by atoms with E-state index in [-0.39, 0.29) is 5.91 Å². The van der Waals surface area contributed by atoms with Crippen molar-refractivity contribution in [3.63, 3.8) is 0 Å². The van der Waals surface area contributed by atoms with Gasteiger partial charge in [-0.05, 0) is 45.3 Å². The van der Waals surface area contributed by atoms with E-state index >= 15 is 0 Å². The van der Waals surface area contributed by atoms with Crippen molar-refractivity contribution in [2.75, 3.05) is 26.2 Å². The maximum atomic E-state index is 9.97. The summed E-state index contributed by atoms with van der Waals surface area (Å²) in [5.74, 6) is 0.0949. The van der Waals surface area contributed by atoms with E-state index in [1.165, 1.54) is 25.9 Å². The van der Waals surface area contributed by atoms with Crippen molar-refractivity contribution < 1.29 is 9.59 Å². The Morgan fingerprint density at radius 2 is 1.94 bits per heavy atom. The highest BCUT2D eigenvalue weighted by Gasteiger charge is 2.11. The topological polar surface area (TPSA) is 84.2 Å². The van der Waals surface area contributed by atoms with Crippen LogP contribution in [0.3, 0.4) is 0 Å². The van der Waals surface area contributed by atoms with Crippen LogP contribution in [0, 0.1) is 5.92 Å². The average Bonchev–Trinajstić information content (AvgIpc) is 3.06. The number of hydrogen-bond acceptors (Lipinski definition) is 4. The second kappa shape index (κ2) is 12.5. The molecule has 2 fully saturated rings. The molecule has 2 aliphatic rings. The molecule has 0 aromatic rings. The molecular formula is C13H27N3O2. The fourth-order valence-corrected chi connectivity index (χ4v) is 1.66. The number of carbonyl (C=O) groups excluding carboxylic acids is 2. The SMILES string of the molecule is C1CCNC1.CCCC(N)=O.O=CC1CCNC1. The van der Waals surface area contributed by atoms with Crippen molar-refractivity contribution in [3.05, 3.63) is 0 Å². The second-order valence-corrected chi connectivity index (χ2v) is 4.56. The van der Waals surface area contributed by atoms with Gasteiger partial charge in [0.1, 0.15) is 6.29 Å². The Balaban J connectivity index is 0.000000244. The molecule has 1 atom stereocenters. The smallest absolute Gasteiger partial charge is 0.217 e. The fourth-order valence-electron chi connectivity index (χ4n) is 1.66. The third-order valence-electron chi connectivity index (χ3n) is 2.74. The summed E-state index contributed by atoms with van der Waals surface area (Å²) in [4.78, 5) is 19.8. The third-order valence-corrected chi connectivity index (χ3v) is 2.74. The van der Waals surface area contributed by atoms with Crippen LogP contribution < -0.4 is 16.4 Å². The van der Waals surface area contributed by atoms with E-state index in [1.54, 1.807) is 0 Å². The van der Waals surface area contributed by atoms with Crippen molar-refractivity contribution in [1.82, 2.24) is 10.6 Å². The van der Waals surface area contributed by atoms with Crippen LogP contribution in [0.15, 0.2) is 0 Å². The molecule has 0 aromatic heterocycles. The van der Waals surface area contributed by atoms with E-state index in [1.807, 2.05) is 6.92 Å². The molecule has 0 aliphatic carbocycles. The van der Waals surface area contributed by atoms with Gasteiger partial charge in [0.05, 0.1) is 0 Å². The van der Waals surface area contributed by atoms with Crippen molar-refractivity contribution >= 4 is 12.2 Å². The summed E-state index contributed by atoms with van der Waals surface area (Å²) in [7, 11) is 0. The van der Waals surface area contributed by atoms with Crippen molar-refractivity contribution in [2.45, 2.75) is 39.0 Å². The molecule has 5 nitrogen and oxygen atoms in total. The standard InChI is InChI=1S/C5H9NO.C4H9NO.C4H9N/c7-4-5-1-2-6-3-5;1-2-3-4(5)6;1-2-4-5-3-1/h4-6H,1-3H2;2-3H2,1H3,(H2,5,6);5H,1-4H2. The minimum Gasteiger partial charge on any atom is -0.370 e. The van der Waals surface area contributed by atoms with Crippen LogP contribution >= 0.6 is 0 Å². The zero-order valence-electron chi connectivity index (χ0n) is 11.4. The first-order chi connectivity index (χ1) is 8.70. The molecule has 0 bridgehead atoms. The van der Waals surface area contributed by atoms with E-state index in [9.17, 15) is 9.59 Å². The van der Waals surface area contributed by atoms with Crippen LogP contribution in [0.1, 0.15) is 39.0 Å². The summed E-state index contributed by atoms with van der Waals surface area (Å²) in [6, 6.07) is 0. The first-order valence-electron chi connectivity index (χ1n) is 6.85. The minimum absolute atomic E-state index is 0.211. The molecule has 2 aliphatic heterocycles. The highest BCUT2D eigenvalue weighted by Crippen LogP contribution is 2.01. The summed E-state index contributed by atoms with van der Waals surface area (Å²) >= 11 is 0. The lowest BCUT2D eigenvalue weighted by atomic mass is 10.2. The second-order valence-electron chi connectivity index (χ2n) is 4.56. The Kier molecular flexibility index (Phi) is 11.9. The van der Waals surface area contributed by atoms with Gasteiger partial charge >= 0.3 is 0 Å². The predicted octanol–water partition coefficient (Wildman–Crippen LogP) is 0.436. The zero-order chi connectivity index (χ0) is 13.6. The minimum atomic E-state index is -0.211. The van der Waals surface area contributed by atoms with Gasteiger partial charge in [-0.25, -0.2) is 0 Å². The molecule has 2 rings (SSSR count). The Labute approximate surface area is 110 Å². The van der Waals surface area contributed by atoms with Gasteiger partial charge in [0.2, 0.25) is 5.91 Å². The monoisotopic (exact) mass is 257 g/mol. The Morgan fingerprint density at radius 3 is 2.11 bits per heavy atom. The fraction of sp³-hybridized carbons (Fsp3) is 0.846. The molecule has 18 heavy (non-hydrogen) atoms. The molecule has 4 N–H and O–H groups in total. The molecule has 0 radical (unpaired) electrons. The van der Waals surface area contributed by atoms with E-state index in [4.69, 9.17) is 5.73 Å². The van der Waals surface area contributed by atoms with Crippen molar-refractivity contribution in [2.24, 2.45) is 11.7 Å². The number of amides is 1. The maximum Gasteiger partial charge on any atom is 0.217 e. The first-order valence-corrected chi connectivity index (χ1v) is 6.85. The van der Waals surface area contributed by atoms with Crippen LogP contribution in [0.2, 0.25) is 0 Å². The van der Waals surface area contributed by atoms with E-state index in [0.29, 0.717) is 12.3 Å². The van der Waals surface area contributed by atoms with Gasteiger partial charge in [-0.1, -0.05) is 6.92 Å². The molecule has 0 spiro atoms. The number of primary amides is 1. The lowest BCUT2D eigenvalue weighted by molar-refractivity contribution is -0.118. The molecule has 1 amide bonds. The normalized spacial score (nSPS) is 21.3. The van der Waals surface area contributed by atoms with E-state index < -0.39 is 0 Å². The van der Waals surface area contributed by atoms with Gasteiger partial charge in [0, 0.05) is 18.9 Å². The maximum absolute atomic E-state index is 9.97. The van der Waals surface area contributed by atoms with Gasteiger partial charge in [0.25, 0.3) is 0 Å². The molecule has 106 valence electrons. The van der Waals surface area contributed by atoms with Crippen LogP contribution in [0.4, 0.5) is 0 Å². The lowest BCUT2D eigenvalue weighted by Crippen LogP contribution is -2.09. The summed E-state index contributed by atoms with van der Waals surface area (Å²) in [5.41, 5.74) is 4.76. The number of hydrogen-bond donors (Lipinski definition) is 3. The van der Waals surface area contributed by atoms with Crippen LogP contribution in [0.25, 0.3) is 0 Å². The average molecular weight is 257 g/mol. The van der Waals surface area contributed by atoms with E-state index in [0.717, 1.165) is 32.2 Å². The van der Waals surface area contributed by atoms with Crippen LogP contribution in [-0.2, 0) is 9.59 Å². The summed E-state index contributed by atoms with van der Waals surface area (Å²) in [6.07, 6.45) is 6.21. The number of rotatable bonds is 3. The largest absolute Gasteiger partial charge is 0.370 e. The third kappa shape index (κ3) is 11.5. The molecule has 0 aromatic carbocycles. The molecule has 1 unspecified atom stereocenters. The van der Waals surface area contributed by atoms with Gasteiger partial charge in [-0.2, -0.15) is 0 Å². The quantitative estimate of drug-likeness (QED) is 0.640. The predicted molar refractivity (Wildman–Crippen MR) is 73.2 cm³/mol. The highest BCUT2D eigenvalue weighted by atomic mass is 16.1.